The standard InChI is InChI=1S/C20H22N2O4/c1-25-17-9-7-16(8-10-17)22-13-15(11-20(22)24)12-21-19(23)14-26-18-5-3-2-4-6-18/h2-10,15H,11-14H2,1H3,(H,21,23)/t15-/m1/s1. The minimum atomic E-state index is -0.191. The summed E-state index contributed by atoms with van der Waals surface area (Å²) < 4.78 is 10.6. The Bertz CT molecular complexity index is 746. The van der Waals surface area contributed by atoms with E-state index in [4.69, 9.17) is 9.47 Å². The van der Waals surface area contributed by atoms with Gasteiger partial charge in [-0.1, -0.05) is 18.2 Å². The lowest BCUT2D eigenvalue weighted by molar-refractivity contribution is -0.123. The first kappa shape index (κ1) is 17.8. The zero-order valence-electron chi connectivity index (χ0n) is 14.7. The van der Waals surface area contributed by atoms with E-state index in [0.717, 1.165) is 11.4 Å². The van der Waals surface area contributed by atoms with Crippen LogP contribution >= 0.6 is 0 Å². The Kier molecular flexibility index (Phi) is 5.73. The Labute approximate surface area is 152 Å². The number of anilines is 1. The molecule has 0 radical (unpaired) electrons. The first-order valence-corrected chi connectivity index (χ1v) is 8.54. The van der Waals surface area contributed by atoms with Crippen molar-refractivity contribution < 1.29 is 19.1 Å². The van der Waals surface area contributed by atoms with Gasteiger partial charge in [0, 0.05) is 31.1 Å². The third-order valence-electron chi connectivity index (χ3n) is 4.29. The maximum atomic E-state index is 12.3. The fourth-order valence-corrected chi connectivity index (χ4v) is 2.90. The number of methoxy groups -OCH3 is 1. The molecule has 1 N–H and O–H groups in total. The van der Waals surface area contributed by atoms with Gasteiger partial charge in [-0.2, -0.15) is 0 Å². The molecule has 1 aliphatic heterocycles. The molecule has 2 amide bonds. The average molecular weight is 354 g/mol. The smallest absolute Gasteiger partial charge is 0.257 e. The maximum absolute atomic E-state index is 12.3. The van der Waals surface area contributed by atoms with Gasteiger partial charge in [-0.25, -0.2) is 0 Å². The Morgan fingerprint density at radius 2 is 1.85 bits per heavy atom. The van der Waals surface area contributed by atoms with Gasteiger partial charge in [0.25, 0.3) is 5.91 Å². The number of amides is 2. The van der Waals surface area contributed by atoms with Gasteiger partial charge < -0.3 is 19.7 Å². The molecule has 0 bridgehead atoms. The molecule has 26 heavy (non-hydrogen) atoms. The van der Waals surface area contributed by atoms with Crippen LogP contribution in [0.15, 0.2) is 54.6 Å². The number of para-hydroxylation sites is 1. The van der Waals surface area contributed by atoms with Crippen molar-refractivity contribution in [3.8, 4) is 11.5 Å². The van der Waals surface area contributed by atoms with Crippen molar-refractivity contribution in [3.05, 3.63) is 54.6 Å². The van der Waals surface area contributed by atoms with Crippen LogP contribution in [0.25, 0.3) is 0 Å². The van der Waals surface area contributed by atoms with Crippen molar-refractivity contribution in [2.24, 2.45) is 5.92 Å². The fourth-order valence-electron chi connectivity index (χ4n) is 2.90. The van der Waals surface area contributed by atoms with Crippen LogP contribution in [0.3, 0.4) is 0 Å². The van der Waals surface area contributed by atoms with Crippen molar-refractivity contribution in [2.75, 3.05) is 31.7 Å². The SMILES string of the molecule is COc1ccc(N2C[C@@H](CNC(=O)COc3ccccc3)CC2=O)cc1. The Morgan fingerprint density at radius 3 is 2.54 bits per heavy atom. The first-order valence-electron chi connectivity index (χ1n) is 8.54. The van der Waals surface area contributed by atoms with E-state index in [9.17, 15) is 9.59 Å². The second-order valence-corrected chi connectivity index (χ2v) is 6.18. The van der Waals surface area contributed by atoms with E-state index >= 15 is 0 Å². The van der Waals surface area contributed by atoms with Crippen LogP contribution in [0, 0.1) is 5.92 Å². The summed E-state index contributed by atoms with van der Waals surface area (Å²) in [5.74, 6) is 1.37. The minimum absolute atomic E-state index is 0.0348. The van der Waals surface area contributed by atoms with Crippen LogP contribution in [0.4, 0.5) is 5.69 Å². The van der Waals surface area contributed by atoms with Gasteiger partial charge >= 0.3 is 0 Å². The number of benzene rings is 2. The summed E-state index contributed by atoms with van der Waals surface area (Å²) in [7, 11) is 1.61. The predicted octanol–water partition coefficient (Wildman–Crippen LogP) is 2.24. The van der Waals surface area contributed by atoms with Crippen molar-refractivity contribution in [1.82, 2.24) is 5.32 Å². The van der Waals surface area contributed by atoms with E-state index < -0.39 is 0 Å². The number of hydrogen-bond acceptors (Lipinski definition) is 4. The lowest BCUT2D eigenvalue weighted by Gasteiger charge is -2.17. The molecule has 0 unspecified atom stereocenters. The van der Waals surface area contributed by atoms with Crippen LogP contribution < -0.4 is 19.7 Å². The fraction of sp³-hybridized carbons (Fsp3) is 0.300. The van der Waals surface area contributed by atoms with Gasteiger partial charge in [0.2, 0.25) is 5.91 Å². The third kappa shape index (κ3) is 4.53. The van der Waals surface area contributed by atoms with E-state index in [2.05, 4.69) is 5.32 Å². The van der Waals surface area contributed by atoms with Gasteiger partial charge in [0.05, 0.1) is 7.11 Å². The topological polar surface area (TPSA) is 67.9 Å². The van der Waals surface area contributed by atoms with Crippen molar-refractivity contribution >= 4 is 17.5 Å². The summed E-state index contributed by atoms with van der Waals surface area (Å²) in [6, 6.07) is 16.6. The van der Waals surface area contributed by atoms with E-state index in [1.165, 1.54) is 0 Å². The normalized spacial score (nSPS) is 16.4. The molecule has 0 aromatic heterocycles. The van der Waals surface area contributed by atoms with Crippen LogP contribution in [-0.4, -0.2) is 38.6 Å². The lowest BCUT2D eigenvalue weighted by Crippen LogP contribution is -2.34. The molecule has 1 fully saturated rings. The molecular weight excluding hydrogens is 332 g/mol. The lowest BCUT2D eigenvalue weighted by atomic mass is 10.1. The molecule has 0 spiro atoms. The molecule has 0 saturated carbocycles. The Hall–Kier alpha value is -3.02. The summed E-state index contributed by atoms with van der Waals surface area (Å²) in [5.41, 5.74) is 0.844. The summed E-state index contributed by atoms with van der Waals surface area (Å²) in [6.45, 7) is 1.01. The number of nitrogens with one attached hydrogen (secondary N) is 1. The summed E-state index contributed by atoms with van der Waals surface area (Å²) in [5, 5.41) is 2.84. The average Bonchev–Trinajstić information content (AvgIpc) is 3.06. The number of carbonyl (C=O) groups excluding carboxylic acids is 2. The van der Waals surface area contributed by atoms with E-state index in [-0.39, 0.29) is 24.3 Å². The molecule has 1 heterocycles. The summed E-state index contributed by atoms with van der Waals surface area (Å²) >= 11 is 0. The summed E-state index contributed by atoms with van der Waals surface area (Å²) in [6.07, 6.45) is 0.422. The van der Waals surface area contributed by atoms with Crippen molar-refractivity contribution in [1.29, 1.82) is 0 Å². The molecule has 1 aliphatic rings. The van der Waals surface area contributed by atoms with E-state index in [0.29, 0.717) is 25.3 Å². The van der Waals surface area contributed by atoms with Crippen LogP contribution in [-0.2, 0) is 9.59 Å². The van der Waals surface area contributed by atoms with Gasteiger partial charge in [-0.15, -0.1) is 0 Å². The second kappa shape index (κ2) is 8.38. The van der Waals surface area contributed by atoms with Crippen molar-refractivity contribution in [2.45, 2.75) is 6.42 Å². The summed E-state index contributed by atoms with van der Waals surface area (Å²) in [4.78, 5) is 25.9. The quantitative estimate of drug-likeness (QED) is 0.828. The molecule has 6 nitrogen and oxygen atoms in total. The van der Waals surface area contributed by atoms with Crippen LogP contribution in [0.1, 0.15) is 6.42 Å². The monoisotopic (exact) mass is 354 g/mol. The highest BCUT2D eigenvalue weighted by molar-refractivity contribution is 5.95. The Morgan fingerprint density at radius 1 is 1.12 bits per heavy atom. The molecule has 2 aromatic carbocycles. The van der Waals surface area contributed by atoms with Crippen LogP contribution in [0.2, 0.25) is 0 Å². The molecule has 2 aromatic rings. The molecule has 3 rings (SSSR count). The molecule has 136 valence electrons. The predicted molar refractivity (Wildman–Crippen MR) is 98.4 cm³/mol. The second-order valence-electron chi connectivity index (χ2n) is 6.18. The maximum Gasteiger partial charge on any atom is 0.257 e. The number of rotatable bonds is 7. The largest absolute Gasteiger partial charge is 0.497 e. The number of carbonyl (C=O) groups is 2. The van der Waals surface area contributed by atoms with Gasteiger partial charge in [0.15, 0.2) is 6.61 Å². The number of ether oxygens (including phenoxy) is 2. The molecule has 0 aliphatic carbocycles. The van der Waals surface area contributed by atoms with Gasteiger partial charge in [-0.3, -0.25) is 9.59 Å². The van der Waals surface area contributed by atoms with Gasteiger partial charge in [-0.05, 0) is 36.4 Å². The zero-order chi connectivity index (χ0) is 18.4. The van der Waals surface area contributed by atoms with E-state index in [1.807, 2.05) is 42.5 Å². The highest BCUT2D eigenvalue weighted by atomic mass is 16.5. The minimum Gasteiger partial charge on any atom is -0.497 e. The molecule has 1 saturated heterocycles. The number of nitrogens with zero attached hydrogens (tertiary/aromatic N) is 1. The van der Waals surface area contributed by atoms with Gasteiger partial charge in [0.1, 0.15) is 11.5 Å². The molecule has 1 atom stereocenters. The number of hydrogen-bond donors (Lipinski definition) is 1. The van der Waals surface area contributed by atoms with Crippen molar-refractivity contribution in [3.63, 3.8) is 0 Å². The van der Waals surface area contributed by atoms with Crippen LogP contribution in [0.5, 0.6) is 11.5 Å². The first-order chi connectivity index (χ1) is 12.7. The Balaban J connectivity index is 1.45. The highest BCUT2D eigenvalue weighted by Crippen LogP contribution is 2.26. The third-order valence-corrected chi connectivity index (χ3v) is 4.29. The zero-order valence-corrected chi connectivity index (χ0v) is 14.7. The molecule has 6 heteroatoms. The van der Waals surface area contributed by atoms with E-state index in [1.54, 1.807) is 24.1 Å². The molecular formula is C20H22N2O4. The highest BCUT2D eigenvalue weighted by Gasteiger charge is 2.30.